The Morgan fingerprint density at radius 1 is 1.12 bits per heavy atom. The number of carbonyl (C=O) groups excluding carboxylic acids is 2. The highest BCUT2D eigenvalue weighted by molar-refractivity contribution is 14.0. The fraction of sp³-hybridized carbons (Fsp3) is 0.667. The van der Waals surface area contributed by atoms with E-state index < -0.39 is 5.60 Å². The number of hydrogen-bond donors (Lipinski definition) is 2. The highest BCUT2D eigenvalue weighted by Crippen LogP contribution is 2.15. The van der Waals surface area contributed by atoms with Gasteiger partial charge in [-0.25, -0.2) is 14.8 Å². The minimum atomic E-state index is -0.498. The summed E-state index contributed by atoms with van der Waals surface area (Å²) in [7, 11) is 1.69. The van der Waals surface area contributed by atoms with E-state index in [2.05, 4.69) is 30.5 Å². The maximum Gasteiger partial charge on any atom is 0.410 e. The van der Waals surface area contributed by atoms with E-state index in [9.17, 15) is 9.59 Å². The van der Waals surface area contributed by atoms with Crippen molar-refractivity contribution in [1.29, 1.82) is 0 Å². The molecule has 0 saturated carbocycles. The van der Waals surface area contributed by atoms with Gasteiger partial charge in [-0.15, -0.1) is 24.0 Å². The monoisotopic (exact) mass is 574 g/mol. The van der Waals surface area contributed by atoms with Gasteiger partial charge >= 0.3 is 6.09 Å². The number of rotatable bonds is 5. The molecular formula is C21H35IN8O3. The van der Waals surface area contributed by atoms with Crippen LogP contribution in [0.5, 0.6) is 0 Å². The Labute approximate surface area is 212 Å². The lowest BCUT2D eigenvalue weighted by Gasteiger charge is -2.40. The average molecular weight is 574 g/mol. The molecular weight excluding hydrogens is 539 g/mol. The second-order valence-electron chi connectivity index (χ2n) is 8.89. The molecule has 2 amide bonds. The molecule has 2 aliphatic rings. The highest BCUT2D eigenvalue weighted by atomic mass is 127. The largest absolute Gasteiger partial charge is 0.444 e. The highest BCUT2D eigenvalue weighted by Gasteiger charge is 2.34. The van der Waals surface area contributed by atoms with Gasteiger partial charge in [-0.3, -0.25) is 9.79 Å². The first-order valence-corrected chi connectivity index (χ1v) is 11.0. The Morgan fingerprint density at radius 2 is 1.76 bits per heavy atom. The maximum absolute atomic E-state index is 12.6. The van der Waals surface area contributed by atoms with E-state index in [0.717, 1.165) is 13.1 Å². The molecule has 12 heteroatoms. The van der Waals surface area contributed by atoms with Gasteiger partial charge in [0.15, 0.2) is 5.96 Å². The maximum atomic E-state index is 12.6. The van der Waals surface area contributed by atoms with Crippen molar-refractivity contribution >= 4 is 47.9 Å². The zero-order valence-corrected chi connectivity index (χ0v) is 22.1. The van der Waals surface area contributed by atoms with Gasteiger partial charge in [0, 0.05) is 71.7 Å². The number of piperazine rings is 1. The minimum absolute atomic E-state index is 0. The molecule has 2 fully saturated rings. The smallest absolute Gasteiger partial charge is 0.410 e. The molecule has 33 heavy (non-hydrogen) atoms. The first-order chi connectivity index (χ1) is 15.2. The Bertz CT molecular complexity index is 803. The van der Waals surface area contributed by atoms with Gasteiger partial charge in [0.2, 0.25) is 11.9 Å². The number of hydrogen-bond acceptors (Lipinski definition) is 7. The molecule has 3 heterocycles. The van der Waals surface area contributed by atoms with Crippen LogP contribution in [0, 0.1) is 0 Å². The fourth-order valence-corrected chi connectivity index (χ4v) is 3.49. The summed E-state index contributed by atoms with van der Waals surface area (Å²) >= 11 is 0. The molecule has 0 aromatic carbocycles. The van der Waals surface area contributed by atoms with Gasteiger partial charge in [-0.1, -0.05) is 0 Å². The van der Waals surface area contributed by atoms with E-state index in [1.54, 1.807) is 30.4 Å². The van der Waals surface area contributed by atoms with Crippen molar-refractivity contribution in [1.82, 2.24) is 30.4 Å². The number of ether oxygens (including phenoxy) is 1. The predicted octanol–water partition coefficient (Wildman–Crippen LogP) is 0.918. The van der Waals surface area contributed by atoms with E-state index in [1.165, 1.54) is 0 Å². The molecule has 3 rings (SSSR count). The van der Waals surface area contributed by atoms with Crippen LogP contribution in [0.4, 0.5) is 10.7 Å². The Hall–Kier alpha value is -2.38. The number of guanidine groups is 1. The van der Waals surface area contributed by atoms with Crippen molar-refractivity contribution in [2.24, 2.45) is 4.99 Å². The molecule has 2 N–H and O–H groups in total. The van der Waals surface area contributed by atoms with Crippen molar-refractivity contribution in [2.45, 2.75) is 38.8 Å². The van der Waals surface area contributed by atoms with Crippen molar-refractivity contribution < 1.29 is 14.3 Å². The van der Waals surface area contributed by atoms with Gasteiger partial charge in [0.25, 0.3) is 0 Å². The molecule has 2 aliphatic heterocycles. The Morgan fingerprint density at radius 3 is 2.33 bits per heavy atom. The normalized spacial score (nSPS) is 17.1. The standard InChI is InChI=1S/C21H34N8O3.HI/c1-21(2,3)32-20(31)29-14-16(15-29)26-18(22-4)23-9-6-17(30)27-10-12-28(13-11-27)19-24-7-5-8-25-19;/h5,7-8,16H,6,9-15H2,1-4H3,(H2,22,23,26);1H. The van der Waals surface area contributed by atoms with Crippen LogP contribution in [-0.2, 0) is 9.53 Å². The van der Waals surface area contributed by atoms with Crippen LogP contribution >= 0.6 is 24.0 Å². The van der Waals surface area contributed by atoms with E-state index in [0.29, 0.717) is 51.1 Å². The number of amides is 2. The summed E-state index contributed by atoms with van der Waals surface area (Å²) in [5.41, 5.74) is -0.498. The molecule has 0 atom stereocenters. The van der Waals surface area contributed by atoms with Crippen LogP contribution in [0.3, 0.4) is 0 Å². The SMILES string of the molecule is CN=C(NCCC(=O)N1CCN(c2ncccn2)CC1)NC1CN(C(=O)OC(C)(C)C)C1.I. The lowest BCUT2D eigenvalue weighted by molar-refractivity contribution is -0.131. The number of nitrogens with one attached hydrogen (secondary N) is 2. The summed E-state index contributed by atoms with van der Waals surface area (Å²) in [6, 6.07) is 1.90. The van der Waals surface area contributed by atoms with Crippen LogP contribution in [0.2, 0.25) is 0 Å². The minimum Gasteiger partial charge on any atom is -0.444 e. The van der Waals surface area contributed by atoms with E-state index in [1.807, 2.05) is 25.7 Å². The van der Waals surface area contributed by atoms with Gasteiger partial charge < -0.3 is 30.1 Å². The number of carbonyl (C=O) groups is 2. The van der Waals surface area contributed by atoms with Crippen LogP contribution in [-0.4, -0.2) is 102 Å². The molecule has 2 saturated heterocycles. The Balaban J connectivity index is 0.00000385. The van der Waals surface area contributed by atoms with Crippen LogP contribution in [0.15, 0.2) is 23.5 Å². The topological polar surface area (TPSA) is 115 Å². The van der Waals surface area contributed by atoms with Crippen LogP contribution in [0.25, 0.3) is 0 Å². The van der Waals surface area contributed by atoms with E-state index >= 15 is 0 Å². The number of likely N-dealkylation sites (tertiary alicyclic amines) is 1. The van der Waals surface area contributed by atoms with Crippen LogP contribution < -0.4 is 15.5 Å². The molecule has 1 aromatic rings. The summed E-state index contributed by atoms with van der Waals surface area (Å²) in [6.45, 7) is 9.93. The summed E-state index contributed by atoms with van der Waals surface area (Å²) in [5, 5.41) is 6.45. The number of aromatic nitrogens is 2. The second-order valence-corrected chi connectivity index (χ2v) is 8.89. The summed E-state index contributed by atoms with van der Waals surface area (Å²) in [4.78, 5) is 42.9. The van der Waals surface area contributed by atoms with Crippen molar-refractivity contribution in [3.8, 4) is 0 Å². The number of aliphatic imine (C=N–C) groups is 1. The van der Waals surface area contributed by atoms with Crippen molar-refractivity contribution in [3.63, 3.8) is 0 Å². The number of halogens is 1. The second kappa shape index (κ2) is 12.2. The van der Waals surface area contributed by atoms with Crippen molar-refractivity contribution in [2.75, 3.05) is 57.8 Å². The lowest BCUT2D eigenvalue weighted by Crippen LogP contribution is -2.63. The Kier molecular flexibility index (Phi) is 9.92. The van der Waals surface area contributed by atoms with E-state index in [-0.39, 0.29) is 42.0 Å². The average Bonchev–Trinajstić information content (AvgIpc) is 2.74. The molecule has 0 radical (unpaired) electrons. The van der Waals surface area contributed by atoms with Crippen molar-refractivity contribution in [3.05, 3.63) is 18.5 Å². The van der Waals surface area contributed by atoms with E-state index in [4.69, 9.17) is 4.74 Å². The van der Waals surface area contributed by atoms with Gasteiger partial charge in [-0.05, 0) is 26.8 Å². The first-order valence-electron chi connectivity index (χ1n) is 11.0. The molecule has 0 bridgehead atoms. The van der Waals surface area contributed by atoms with Gasteiger partial charge in [0.1, 0.15) is 5.60 Å². The summed E-state index contributed by atoms with van der Waals surface area (Å²) in [5.74, 6) is 1.44. The molecule has 0 unspecified atom stereocenters. The third kappa shape index (κ3) is 8.16. The van der Waals surface area contributed by atoms with Gasteiger partial charge in [-0.2, -0.15) is 0 Å². The zero-order valence-electron chi connectivity index (χ0n) is 19.8. The summed E-state index contributed by atoms with van der Waals surface area (Å²) in [6.07, 6.45) is 3.54. The molecule has 11 nitrogen and oxygen atoms in total. The third-order valence-electron chi connectivity index (χ3n) is 5.20. The number of anilines is 1. The van der Waals surface area contributed by atoms with Crippen LogP contribution in [0.1, 0.15) is 27.2 Å². The molecule has 1 aromatic heterocycles. The lowest BCUT2D eigenvalue weighted by atomic mass is 10.1. The molecule has 184 valence electrons. The zero-order chi connectivity index (χ0) is 23.1. The quantitative estimate of drug-likeness (QED) is 0.303. The predicted molar refractivity (Wildman–Crippen MR) is 137 cm³/mol. The summed E-state index contributed by atoms with van der Waals surface area (Å²) < 4.78 is 5.36. The molecule has 0 aliphatic carbocycles. The third-order valence-corrected chi connectivity index (χ3v) is 5.20. The fourth-order valence-electron chi connectivity index (χ4n) is 3.49. The molecule has 0 spiro atoms. The first kappa shape index (κ1) is 26.9. The van der Waals surface area contributed by atoms with Gasteiger partial charge in [0.05, 0.1) is 6.04 Å². The number of nitrogens with zero attached hydrogens (tertiary/aromatic N) is 6.